The third kappa shape index (κ3) is 5.33. The van der Waals surface area contributed by atoms with E-state index in [-0.39, 0.29) is 5.71 Å². The number of Topliss-reactive ketones (excluding diaryl/α,β-unsaturated/α-hetero) is 1. The van der Waals surface area contributed by atoms with Crippen LogP contribution in [-0.2, 0) is 9.59 Å². The molecule has 0 bridgehead atoms. The molecule has 1 N–H and O–H groups in total. The lowest BCUT2D eigenvalue weighted by molar-refractivity contribution is -0.125. The van der Waals surface area contributed by atoms with Gasteiger partial charge in [-0.3, -0.25) is 9.59 Å². The number of benzene rings is 1. The second-order valence-electron chi connectivity index (χ2n) is 5.88. The fourth-order valence-corrected chi connectivity index (χ4v) is 1.95. The normalized spacial score (nSPS) is 13.0. The van der Waals surface area contributed by atoms with Gasteiger partial charge in [-0.05, 0) is 5.56 Å². The Morgan fingerprint density at radius 2 is 1.65 bits per heavy atom. The molecule has 0 saturated heterocycles. The van der Waals surface area contributed by atoms with Gasteiger partial charge >= 0.3 is 5.71 Å². The average Bonchev–Trinajstić information content (AvgIpc) is 2.45. The van der Waals surface area contributed by atoms with Crippen molar-refractivity contribution in [3.63, 3.8) is 0 Å². The summed E-state index contributed by atoms with van der Waals surface area (Å²) >= 11 is 16.7. The summed E-state index contributed by atoms with van der Waals surface area (Å²) in [7, 11) is 0. The smallest absolute Gasteiger partial charge is 0.361 e. The largest absolute Gasteiger partial charge is 0.361 e. The van der Waals surface area contributed by atoms with Gasteiger partial charge in [0.1, 0.15) is 0 Å². The van der Waals surface area contributed by atoms with Gasteiger partial charge in [-0.1, -0.05) is 85.9 Å². The van der Waals surface area contributed by atoms with E-state index < -0.39 is 26.9 Å². The summed E-state index contributed by atoms with van der Waals surface area (Å²) in [5.41, 5.74) is 8.77. The van der Waals surface area contributed by atoms with Crippen molar-refractivity contribution >= 4 is 52.2 Å². The molecule has 1 aromatic carbocycles. The predicted molar refractivity (Wildman–Crippen MR) is 90.7 cm³/mol. The number of rotatable bonds is 4. The molecule has 0 aliphatic carbocycles. The van der Waals surface area contributed by atoms with E-state index >= 15 is 0 Å². The number of hydrogen-bond acceptors (Lipinski definition) is 2. The molecule has 8 heteroatoms. The van der Waals surface area contributed by atoms with Gasteiger partial charge in [-0.15, -0.1) is 0 Å². The van der Waals surface area contributed by atoms with Crippen LogP contribution in [0.15, 0.2) is 30.3 Å². The lowest BCUT2D eigenvalue weighted by Crippen LogP contribution is -2.45. The summed E-state index contributed by atoms with van der Waals surface area (Å²) in [4.78, 5) is 27.6. The molecule has 0 aromatic heterocycles. The molecular weight excluding hydrogens is 361 g/mol. The van der Waals surface area contributed by atoms with Crippen molar-refractivity contribution < 1.29 is 14.4 Å². The van der Waals surface area contributed by atoms with Gasteiger partial charge in [-0.25, -0.2) is 0 Å². The van der Waals surface area contributed by atoms with Gasteiger partial charge in [0, 0.05) is 5.41 Å². The number of nitrogens with one attached hydrogen (secondary N) is 1. The van der Waals surface area contributed by atoms with Crippen LogP contribution in [0.3, 0.4) is 0 Å². The Bertz CT molecular complexity index is 642. The fraction of sp³-hybridized carbons (Fsp3) is 0.400. The van der Waals surface area contributed by atoms with Gasteiger partial charge < -0.3 is 10.8 Å². The van der Waals surface area contributed by atoms with E-state index in [1.54, 1.807) is 51.1 Å². The number of nitrogens with zero attached hydrogens (tertiary/aromatic N) is 2. The average molecular weight is 377 g/mol. The molecular formula is C15H16Cl3N3O2. The molecule has 1 rings (SSSR count). The molecule has 23 heavy (non-hydrogen) atoms. The van der Waals surface area contributed by atoms with Crippen molar-refractivity contribution in [3.05, 3.63) is 41.4 Å². The zero-order chi connectivity index (χ0) is 17.8. The van der Waals surface area contributed by atoms with Crippen LogP contribution in [0, 0.1) is 5.41 Å². The van der Waals surface area contributed by atoms with E-state index in [2.05, 4.69) is 10.1 Å². The Hall–Kier alpha value is -1.39. The third-order valence-corrected chi connectivity index (χ3v) is 3.48. The standard InChI is InChI=1S/C15H16Cl3N3O2/c1-14(2,3)12(22)11(21-19)10(9-7-5-4-6-8-9)20-13(23)15(16,17)18/h4-8,10H,1-3H3,(H,20,23). The lowest BCUT2D eigenvalue weighted by Gasteiger charge is -2.21. The van der Waals surface area contributed by atoms with Crippen LogP contribution in [0.1, 0.15) is 32.4 Å². The molecule has 0 aliphatic heterocycles. The highest BCUT2D eigenvalue weighted by Crippen LogP contribution is 2.28. The number of halogens is 3. The second-order valence-corrected chi connectivity index (χ2v) is 8.16. The summed E-state index contributed by atoms with van der Waals surface area (Å²) in [6, 6.07) is 7.45. The number of carbonyl (C=O) groups excluding carboxylic acids is 2. The number of ketones is 1. The van der Waals surface area contributed by atoms with Crippen LogP contribution in [0.5, 0.6) is 0 Å². The van der Waals surface area contributed by atoms with E-state index in [4.69, 9.17) is 34.8 Å². The van der Waals surface area contributed by atoms with Crippen LogP contribution in [0.25, 0.3) is 5.53 Å². The van der Waals surface area contributed by atoms with Gasteiger partial charge in [0.15, 0.2) is 6.04 Å². The van der Waals surface area contributed by atoms with Crippen molar-refractivity contribution in [2.24, 2.45) is 5.41 Å². The van der Waals surface area contributed by atoms with Crippen molar-refractivity contribution in [1.29, 1.82) is 0 Å². The first-order valence-electron chi connectivity index (χ1n) is 6.68. The van der Waals surface area contributed by atoms with Crippen LogP contribution in [0.4, 0.5) is 0 Å². The van der Waals surface area contributed by atoms with Crippen LogP contribution in [0.2, 0.25) is 0 Å². The SMILES string of the molecule is CC(C)(C)C(=O)C(=[N+]=[N-])C(NC(=O)C(Cl)(Cl)Cl)c1ccccc1. The third-order valence-electron chi connectivity index (χ3n) is 2.96. The molecule has 0 radical (unpaired) electrons. The molecule has 124 valence electrons. The molecule has 0 spiro atoms. The lowest BCUT2D eigenvalue weighted by atomic mass is 9.84. The van der Waals surface area contributed by atoms with E-state index in [1.165, 1.54) is 0 Å². The van der Waals surface area contributed by atoms with E-state index in [0.29, 0.717) is 5.56 Å². The molecule has 1 unspecified atom stereocenters. The Morgan fingerprint density at radius 1 is 1.13 bits per heavy atom. The highest BCUT2D eigenvalue weighted by molar-refractivity contribution is 6.76. The second kappa shape index (κ2) is 7.45. The minimum atomic E-state index is -2.21. The summed E-state index contributed by atoms with van der Waals surface area (Å²) in [6.45, 7) is 5.00. The first-order chi connectivity index (χ1) is 10.5. The molecule has 1 amide bonds. The Morgan fingerprint density at radius 3 is 2.04 bits per heavy atom. The van der Waals surface area contributed by atoms with Gasteiger partial charge in [-0.2, -0.15) is 4.79 Å². The zero-order valence-corrected chi connectivity index (χ0v) is 15.1. The summed E-state index contributed by atoms with van der Waals surface area (Å²) in [5, 5.41) is 2.43. The van der Waals surface area contributed by atoms with Gasteiger partial charge in [0.05, 0.1) is 0 Å². The fourth-order valence-electron chi connectivity index (χ4n) is 1.79. The maximum absolute atomic E-state index is 12.5. The molecule has 0 aliphatic rings. The zero-order valence-electron chi connectivity index (χ0n) is 12.8. The number of amides is 1. The highest BCUT2D eigenvalue weighted by atomic mass is 35.6. The number of alkyl halides is 3. The van der Waals surface area contributed by atoms with Gasteiger partial charge in [0.2, 0.25) is 5.78 Å². The predicted octanol–water partition coefficient (Wildman–Crippen LogP) is 3.50. The monoisotopic (exact) mass is 375 g/mol. The maximum atomic E-state index is 12.5. The molecule has 1 atom stereocenters. The summed E-state index contributed by atoms with van der Waals surface area (Å²) in [5.74, 6) is -1.38. The molecule has 5 nitrogen and oxygen atoms in total. The van der Waals surface area contributed by atoms with E-state index in [0.717, 1.165) is 0 Å². The van der Waals surface area contributed by atoms with Crippen molar-refractivity contribution in [3.8, 4) is 0 Å². The number of carbonyl (C=O) groups is 2. The van der Waals surface area contributed by atoms with Crippen molar-refractivity contribution in [1.82, 2.24) is 5.32 Å². The molecule has 1 aromatic rings. The topological polar surface area (TPSA) is 82.6 Å². The summed E-state index contributed by atoms with van der Waals surface area (Å²) in [6.07, 6.45) is 0. The van der Waals surface area contributed by atoms with Gasteiger partial charge in [0.25, 0.3) is 9.70 Å². The summed E-state index contributed by atoms with van der Waals surface area (Å²) < 4.78 is -2.21. The van der Waals surface area contributed by atoms with Crippen LogP contribution in [-0.4, -0.2) is 26.0 Å². The minimum Gasteiger partial charge on any atom is -0.361 e. The van der Waals surface area contributed by atoms with Crippen LogP contribution < -0.4 is 5.32 Å². The molecule has 0 heterocycles. The maximum Gasteiger partial charge on any atom is 0.361 e. The number of hydrogen-bond donors (Lipinski definition) is 1. The quantitative estimate of drug-likeness (QED) is 0.377. The van der Waals surface area contributed by atoms with E-state index in [1.807, 2.05) is 0 Å². The van der Waals surface area contributed by atoms with Crippen molar-refractivity contribution in [2.45, 2.75) is 30.6 Å². The minimum absolute atomic E-state index is 0.244. The Balaban J connectivity index is 3.32. The van der Waals surface area contributed by atoms with Crippen molar-refractivity contribution in [2.75, 3.05) is 0 Å². The Kier molecular flexibility index (Phi) is 6.37. The highest BCUT2D eigenvalue weighted by Gasteiger charge is 2.42. The first-order valence-corrected chi connectivity index (χ1v) is 7.81. The van der Waals surface area contributed by atoms with E-state index in [9.17, 15) is 15.1 Å². The Labute approximate surface area is 149 Å². The van der Waals surface area contributed by atoms with Crippen LogP contribution >= 0.6 is 34.8 Å². The molecule has 0 saturated carbocycles. The first kappa shape index (κ1) is 19.7. The molecule has 0 fully saturated rings.